The Bertz CT molecular complexity index is 750. The second kappa shape index (κ2) is 7.58. The average molecular weight is 371 g/mol. The van der Waals surface area contributed by atoms with Gasteiger partial charge in [-0.05, 0) is 48.6 Å². The predicted molar refractivity (Wildman–Crippen MR) is 104 cm³/mol. The van der Waals surface area contributed by atoms with Gasteiger partial charge in [0.2, 0.25) is 0 Å². The van der Waals surface area contributed by atoms with Crippen molar-refractivity contribution in [1.82, 2.24) is 4.90 Å². The number of halogens is 1. The van der Waals surface area contributed by atoms with Gasteiger partial charge in [0.15, 0.2) is 0 Å². The number of benzene rings is 2. The van der Waals surface area contributed by atoms with Gasteiger partial charge in [0.1, 0.15) is 6.61 Å². The number of hydrogen-bond acceptors (Lipinski definition) is 3. The average Bonchev–Trinajstić information content (AvgIpc) is 3.11. The molecule has 0 unspecified atom stereocenters. The maximum atomic E-state index is 12.4. The van der Waals surface area contributed by atoms with E-state index in [9.17, 15) is 4.79 Å². The highest BCUT2D eigenvalue weighted by Crippen LogP contribution is 2.35. The lowest BCUT2D eigenvalue weighted by Crippen LogP contribution is -2.48. The van der Waals surface area contributed by atoms with E-state index in [0.29, 0.717) is 18.6 Å². The molecule has 2 atom stereocenters. The first-order chi connectivity index (χ1) is 12.7. The first-order valence-electron chi connectivity index (χ1n) is 9.18. The van der Waals surface area contributed by atoms with Crippen molar-refractivity contribution in [2.45, 2.75) is 25.5 Å². The maximum absolute atomic E-state index is 12.4. The van der Waals surface area contributed by atoms with Crippen molar-refractivity contribution in [3.63, 3.8) is 0 Å². The quantitative estimate of drug-likeness (QED) is 0.792. The first kappa shape index (κ1) is 17.2. The van der Waals surface area contributed by atoms with Gasteiger partial charge in [-0.15, -0.1) is 0 Å². The van der Waals surface area contributed by atoms with Crippen LogP contribution in [-0.2, 0) is 11.3 Å². The molecule has 0 aromatic heterocycles. The van der Waals surface area contributed by atoms with Crippen LogP contribution >= 0.6 is 11.6 Å². The Kier molecular flexibility index (Phi) is 5.02. The highest BCUT2D eigenvalue weighted by Gasteiger charge is 2.39. The summed E-state index contributed by atoms with van der Waals surface area (Å²) in [5.74, 6) is 0.503. The van der Waals surface area contributed by atoms with Crippen LogP contribution in [0.3, 0.4) is 0 Å². The summed E-state index contributed by atoms with van der Waals surface area (Å²) >= 11 is 6.01. The number of fused-ring (bicyclic) bond motifs is 1. The molecule has 4 nitrogen and oxygen atoms in total. The number of anilines is 1. The minimum atomic E-state index is -0.197. The van der Waals surface area contributed by atoms with Gasteiger partial charge in [-0.25, -0.2) is 4.79 Å². The van der Waals surface area contributed by atoms with Crippen LogP contribution in [0, 0.1) is 5.92 Å². The van der Waals surface area contributed by atoms with E-state index in [1.807, 2.05) is 47.4 Å². The molecule has 0 bridgehead atoms. The topological polar surface area (TPSA) is 32.8 Å². The van der Waals surface area contributed by atoms with Crippen molar-refractivity contribution in [1.29, 1.82) is 0 Å². The zero-order valence-electron chi connectivity index (χ0n) is 14.7. The molecule has 2 heterocycles. The molecule has 5 heteroatoms. The van der Waals surface area contributed by atoms with E-state index in [2.05, 4.69) is 17.0 Å². The van der Waals surface area contributed by atoms with E-state index >= 15 is 0 Å². The molecule has 4 rings (SSSR count). The maximum Gasteiger partial charge on any atom is 0.410 e. The van der Waals surface area contributed by atoms with Crippen LogP contribution in [0.25, 0.3) is 0 Å². The molecule has 2 aliphatic rings. The summed E-state index contributed by atoms with van der Waals surface area (Å²) in [5.41, 5.74) is 2.24. The summed E-state index contributed by atoms with van der Waals surface area (Å²) in [6.45, 7) is 2.90. The van der Waals surface area contributed by atoms with E-state index < -0.39 is 0 Å². The van der Waals surface area contributed by atoms with E-state index in [4.69, 9.17) is 16.3 Å². The number of rotatable bonds is 3. The number of piperidine rings is 1. The van der Waals surface area contributed by atoms with Crippen LogP contribution in [0.2, 0.25) is 5.02 Å². The first-order valence-corrected chi connectivity index (χ1v) is 9.56. The van der Waals surface area contributed by atoms with Crippen molar-refractivity contribution in [3.05, 3.63) is 65.2 Å². The Balaban J connectivity index is 1.34. The van der Waals surface area contributed by atoms with Crippen LogP contribution < -0.4 is 4.90 Å². The number of nitrogens with zero attached hydrogens (tertiary/aromatic N) is 2. The Morgan fingerprint density at radius 3 is 2.58 bits per heavy atom. The Morgan fingerprint density at radius 1 is 1.04 bits per heavy atom. The molecule has 0 spiro atoms. The number of likely N-dealkylation sites (tertiary alicyclic amines) is 1. The molecule has 2 saturated heterocycles. The number of carbonyl (C=O) groups is 1. The molecule has 1 amide bonds. The molecule has 0 N–H and O–H groups in total. The zero-order chi connectivity index (χ0) is 17.9. The lowest BCUT2D eigenvalue weighted by Gasteiger charge is -2.38. The van der Waals surface area contributed by atoms with Crippen molar-refractivity contribution < 1.29 is 9.53 Å². The van der Waals surface area contributed by atoms with Crippen molar-refractivity contribution in [2.24, 2.45) is 5.92 Å². The van der Waals surface area contributed by atoms with E-state index in [-0.39, 0.29) is 6.09 Å². The molecule has 2 aromatic carbocycles. The minimum Gasteiger partial charge on any atom is -0.445 e. The van der Waals surface area contributed by atoms with Crippen LogP contribution in [-0.4, -0.2) is 36.7 Å². The fourth-order valence-electron chi connectivity index (χ4n) is 4.11. The fourth-order valence-corrected chi connectivity index (χ4v) is 4.24. The standard InChI is InChI=1S/C21H23ClN2O2/c22-18-6-8-19(9-7-18)24-13-10-17-14-23(12-11-20(17)24)21(25)26-15-16-4-2-1-3-5-16/h1-9,17,20H,10-15H2/t17-,20+/m0/s1. The number of hydrogen-bond donors (Lipinski definition) is 0. The van der Waals surface area contributed by atoms with E-state index in [1.54, 1.807) is 0 Å². The normalized spacial score (nSPS) is 22.2. The van der Waals surface area contributed by atoms with Gasteiger partial charge in [0, 0.05) is 36.4 Å². The van der Waals surface area contributed by atoms with E-state index in [0.717, 1.165) is 43.1 Å². The van der Waals surface area contributed by atoms with Crippen molar-refractivity contribution >= 4 is 23.4 Å². The molecule has 2 fully saturated rings. The van der Waals surface area contributed by atoms with Gasteiger partial charge >= 0.3 is 6.09 Å². The number of carbonyl (C=O) groups excluding carboxylic acids is 1. The largest absolute Gasteiger partial charge is 0.445 e. The van der Waals surface area contributed by atoms with Gasteiger partial charge < -0.3 is 14.5 Å². The van der Waals surface area contributed by atoms with Gasteiger partial charge in [0.25, 0.3) is 0 Å². The van der Waals surface area contributed by atoms with Crippen LogP contribution in [0.4, 0.5) is 10.5 Å². The summed E-state index contributed by atoms with van der Waals surface area (Å²) in [6.07, 6.45) is 1.89. The molecule has 26 heavy (non-hydrogen) atoms. The van der Waals surface area contributed by atoms with Crippen LogP contribution in [0.1, 0.15) is 18.4 Å². The summed E-state index contributed by atoms with van der Waals surface area (Å²) in [6, 6.07) is 18.4. The highest BCUT2D eigenvalue weighted by atomic mass is 35.5. The number of ether oxygens (including phenoxy) is 1. The molecule has 0 aliphatic carbocycles. The summed E-state index contributed by atoms with van der Waals surface area (Å²) < 4.78 is 5.50. The van der Waals surface area contributed by atoms with E-state index in [1.165, 1.54) is 5.69 Å². The van der Waals surface area contributed by atoms with Crippen LogP contribution in [0.5, 0.6) is 0 Å². The third-order valence-corrected chi connectivity index (χ3v) is 5.71. The molecule has 0 radical (unpaired) electrons. The van der Waals surface area contributed by atoms with Crippen LogP contribution in [0.15, 0.2) is 54.6 Å². The van der Waals surface area contributed by atoms with Gasteiger partial charge in [-0.1, -0.05) is 41.9 Å². The summed E-state index contributed by atoms with van der Waals surface area (Å²) in [7, 11) is 0. The molecule has 136 valence electrons. The second-order valence-corrected chi connectivity index (χ2v) is 7.50. The van der Waals surface area contributed by atoms with Gasteiger partial charge in [0.05, 0.1) is 0 Å². The molecule has 0 saturated carbocycles. The Hall–Kier alpha value is -2.20. The monoisotopic (exact) mass is 370 g/mol. The Labute approximate surface area is 159 Å². The summed E-state index contributed by atoms with van der Waals surface area (Å²) in [5, 5.41) is 0.764. The predicted octanol–water partition coefficient (Wildman–Crippen LogP) is 4.58. The highest BCUT2D eigenvalue weighted by molar-refractivity contribution is 6.30. The van der Waals surface area contributed by atoms with Gasteiger partial charge in [-0.2, -0.15) is 0 Å². The second-order valence-electron chi connectivity index (χ2n) is 7.06. The SMILES string of the molecule is O=C(OCc1ccccc1)N1CC[C@@H]2[C@@H](CCN2c2ccc(Cl)cc2)C1. The lowest BCUT2D eigenvalue weighted by atomic mass is 9.93. The smallest absolute Gasteiger partial charge is 0.410 e. The van der Waals surface area contributed by atoms with Gasteiger partial charge in [-0.3, -0.25) is 0 Å². The third kappa shape index (κ3) is 3.65. The molecule has 2 aromatic rings. The van der Waals surface area contributed by atoms with Crippen molar-refractivity contribution in [3.8, 4) is 0 Å². The molecule has 2 aliphatic heterocycles. The Morgan fingerprint density at radius 2 is 1.81 bits per heavy atom. The fraction of sp³-hybridized carbons (Fsp3) is 0.381. The number of amides is 1. The molecular weight excluding hydrogens is 348 g/mol. The third-order valence-electron chi connectivity index (χ3n) is 5.46. The van der Waals surface area contributed by atoms with Crippen molar-refractivity contribution in [2.75, 3.05) is 24.5 Å². The zero-order valence-corrected chi connectivity index (χ0v) is 15.4. The minimum absolute atomic E-state index is 0.197. The lowest BCUT2D eigenvalue weighted by molar-refractivity contribution is 0.0780. The molecular formula is C21H23ClN2O2. The summed E-state index contributed by atoms with van der Waals surface area (Å²) in [4.78, 5) is 16.8.